The van der Waals surface area contributed by atoms with E-state index in [0.717, 1.165) is 10.9 Å². The average Bonchev–Trinajstić information content (AvgIpc) is 2.90. The maximum Gasteiger partial charge on any atom is 0.313 e. The standard InChI is InChI=1S/C13H11N5O2/c1-14-12-7-6-11(18(19)20)13(16-12)17-10-5-3-2-4-9(10)8-15-17/h2-8H,1H3,(H,14,16). The molecule has 1 N–H and O–H groups in total. The number of benzene rings is 1. The number of aromatic nitrogens is 3. The van der Waals surface area contributed by atoms with Gasteiger partial charge in [0.25, 0.3) is 0 Å². The number of nitrogens with zero attached hydrogens (tertiary/aromatic N) is 4. The molecule has 2 heterocycles. The van der Waals surface area contributed by atoms with Crippen LogP contribution < -0.4 is 5.32 Å². The Morgan fingerprint density at radius 2 is 2.05 bits per heavy atom. The summed E-state index contributed by atoms with van der Waals surface area (Å²) >= 11 is 0. The van der Waals surface area contributed by atoms with Crippen LogP contribution in [0, 0.1) is 10.1 Å². The van der Waals surface area contributed by atoms with Crippen molar-refractivity contribution < 1.29 is 4.92 Å². The van der Waals surface area contributed by atoms with E-state index in [9.17, 15) is 10.1 Å². The average molecular weight is 269 g/mol. The molecule has 7 nitrogen and oxygen atoms in total. The number of fused-ring (bicyclic) bond motifs is 1. The van der Waals surface area contributed by atoms with Crippen LogP contribution in [0.25, 0.3) is 16.7 Å². The smallest absolute Gasteiger partial charge is 0.313 e. The zero-order chi connectivity index (χ0) is 14.1. The van der Waals surface area contributed by atoms with Gasteiger partial charge in [0.05, 0.1) is 16.6 Å². The fourth-order valence-corrected chi connectivity index (χ4v) is 2.02. The molecule has 100 valence electrons. The van der Waals surface area contributed by atoms with Gasteiger partial charge in [-0.2, -0.15) is 5.10 Å². The number of pyridine rings is 1. The third-order valence-electron chi connectivity index (χ3n) is 2.99. The number of para-hydroxylation sites is 1. The summed E-state index contributed by atoms with van der Waals surface area (Å²) in [4.78, 5) is 14.9. The molecule has 0 aliphatic carbocycles. The normalized spacial score (nSPS) is 10.7. The largest absolute Gasteiger partial charge is 0.373 e. The van der Waals surface area contributed by atoms with Crippen molar-refractivity contribution in [3.05, 3.63) is 52.7 Å². The molecule has 0 saturated carbocycles. The van der Waals surface area contributed by atoms with Crippen molar-refractivity contribution in [1.82, 2.24) is 14.8 Å². The Bertz CT molecular complexity index is 796. The van der Waals surface area contributed by atoms with Crippen LogP contribution in [0.1, 0.15) is 0 Å². The molecule has 0 aliphatic heterocycles. The number of anilines is 1. The van der Waals surface area contributed by atoms with Crippen molar-refractivity contribution in [3.8, 4) is 5.82 Å². The first-order valence-electron chi connectivity index (χ1n) is 5.97. The van der Waals surface area contributed by atoms with E-state index >= 15 is 0 Å². The van der Waals surface area contributed by atoms with E-state index < -0.39 is 4.92 Å². The van der Waals surface area contributed by atoms with Gasteiger partial charge in [0.15, 0.2) is 0 Å². The monoisotopic (exact) mass is 269 g/mol. The van der Waals surface area contributed by atoms with Gasteiger partial charge in [-0.25, -0.2) is 9.67 Å². The topological polar surface area (TPSA) is 85.9 Å². The summed E-state index contributed by atoms with van der Waals surface area (Å²) in [6.07, 6.45) is 1.66. The zero-order valence-corrected chi connectivity index (χ0v) is 10.6. The molecule has 2 aromatic heterocycles. The van der Waals surface area contributed by atoms with E-state index in [1.165, 1.54) is 10.7 Å². The molecule has 0 aliphatic rings. The van der Waals surface area contributed by atoms with Crippen LogP contribution in [0.5, 0.6) is 0 Å². The maximum absolute atomic E-state index is 11.2. The van der Waals surface area contributed by atoms with Crippen LogP contribution in [-0.4, -0.2) is 26.7 Å². The number of nitro groups is 1. The number of nitrogens with one attached hydrogen (secondary N) is 1. The predicted molar refractivity (Wildman–Crippen MR) is 75.1 cm³/mol. The quantitative estimate of drug-likeness (QED) is 0.582. The first-order valence-corrected chi connectivity index (χ1v) is 5.97. The second kappa shape index (κ2) is 4.61. The molecule has 0 unspecified atom stereocenters. The Kier molecular flexibility index (Phi) is 2.79. The lowest BCUT2D eigenvalue weighted by molar-refractivity contribution is -0.384. The number of hydrogen-bond donors (Lipinski definition) is 1. The highest BCUT2D eigenvalue weighted by Crippen LogP contribution is 2.25. The van der Waals surface area contributed by atoms with Crippen LogP contribution in [0.15, 0.2) is 42.6 Å². The van der Waals surface area contributed by atoms with Crippen LogP contribution in [0.3, 0.4) is 0 Å². The van der Waals surface area contributed by atoms with Crippen LogP contribution >= 0.6 is 0 Å². The van der Waals surface area contributed by atoms with Crippen molar-refractivity contribution in [2.24, 2.45) is 0 Å². The minimum Gasteiger partial charge on any atom is -0.373 e. The lowest BCUT2D eigenvalue weighted by atomic mass is 10.2. The van der Waals surface area contributed by atoms with E-state index in [0.29, 0.717) is 5.82 Å². The molecule has 0 bridgehead atoms. The van der Waals surface area contributed by atoms with Crippen molar-refractivity contribution >= 4 is 22.4 Å². The summed E-state index contributed by atoms with van der Waals surface area (Å²) in [6, 6.07) is 10.5. The molecule has 7 heteroatoms. The van der Waals surface area contributed by atoms with Crippen molar-refractivity contribution in [1.29, 1.82) is 0 Å². The number of rotatable bonds is 3. The van der Waals surface area contributed by atoms with Crippen molar-refractivity contribution in [3.63, 3.8) is 0 Å². The summed E-state index contributed by atoms with van der Waals surface area (Å²) in [6.45, 7) is 0. The van der Waals surface area contributed by atoms with Crippen LogP contribution in [0.4, 0.5) is 11.5 Å². The molecule has 3 aromatic rings. The van der Waals surface area contributed by atoms with E-state index in [-0.39, 0.29) is 11.5 Å². The van der Waals surface area contributed by atoms with Crippen LogP contribution in [0.2, 0.25) is 0 Å². The van der Waals surface area contributed by atoms with Gasteiger partial charge < -0.3 is 5.32 Å². The molecule has 0 radical (unpaired) electrons. The van der Waals surface area contributed by atoms with Gasteiger partial charge in [0, 0.05) is 18.5 Å². The fraction of sp³-hybridized carbons (Fsp3) is 0.0769. The fourth-order valence-electron chi connectivity index (χ4n) is 2.02. The van der Waals surface area contributed by atoms with Gasteiger partial charge in [0.1, 0.15) is 5.82 Å². The Balaban J connectivity index is 2.29. The lowest BCUT2D eigenvalue weighted by Crippen LogP contribution is -2.06. The molecule has 0 saturated heterocycles. The van der Waals surface area contributed by atoms with E-state index in [4.69, 9.17) is 0 Å². The second-order valence-electron chi connectivity index (χ2n) is 4.16. The molecule has 0 spiro atoms. The van der Waals surface area contributed by atoms with E-state index in [2.05, 4.69) is 15.4 Å². The summed E-state index contributed by atoms with van der Waals surface area (Å²) in [7, 11) is 1.71. The Labute approximate surface area is 114 Å². The third-order valence-corrected chi connectivity index (χ3v) is 2.99. The molecule has 1 aromatic carbocycles. The number of hydrogen-bond acceptors (Lipinski definition) is 5. The molecule has 3 rings (SSSR count). The second-order valence-corrected chi connectivity index (χ2v) is 4.16. The van der Waals surface area contributed by atoms with Gasteiger partial charge in [0.2, 0.25) is 5.82 Å². The highest BCUT2D eigenvalue weighted by atomic mass is 16.6. The molecular weight excluding hydrogens is 258 g/mol. The molecular formula is C13H11N5O2. The first-order chi connectivity index (χ1) is 9.70. The van der Waals surface area contributed by atoms with Gasteiger partial charge >= 0.3 is 5.69 Å². The zero-order valence-electron chi connectivity index (χ0n) is 10.6. The van der Waals surface area contributed by atoms with E-state index in [1.54, 1.807) is 19.3 Å². The minimum atomic E-state index is -0.460. The van der Waals surface area contributed by atoms with Crippen molar-refractivity contribution in [2.75, 3.05) is 12.4 Å². The Morgan fingerprint density at radius 3 is 2.80 bits per heavy atom. The first kappa shape index (κ1) is 12.1. The highest BCUT2D eigenvalue weighted by molar-refractivity contribution is 5.80. The maximum atomic E-state index is 11.2. The van der Waals surface area contributed by atoms with Gasteiger partial charge in [-0.1, -0.05) is 18.2 Å². The summed E-state index contributed by atoms with van der Waals surface area (Å²) in [5, 5.41) is 19.1. The summed E-state index contributed by atoms with van der Waals surface area (Å²) in [5.41, 5.74) is 0.689. The van der Waals surface area contributed by atoms with Crippen LogP contribution in [-0.2, 0) is 0 Å². The lowest BCUT2D eigenvalue weighted by Gasteiger charge is -2.06. The van der Waals surface area contributed by atoms with Crippen molar-refractivity contribution in [2.45, 2.75) is 0 Å². The Morgan fingerprint density at radius 1 is 1.25 bits per heavy atom. The highest BCUT2D eigenvalue weighted by Gasteiger charge is 2.19. The van der Waals surface area contributed by atoms with Gasteiger partial charge in [-0.05, 0) is 12.1 Å². The predicted octanol–water partition coefficient (Wildman–Crippen LogP) is 2.37. The Hall–Kier alpha value is -2.96. The summed E-state index contributed by atoms with van der Waals surface area (Å²) < 4.78 is 1.48. The van der Waals surface area contributed by atoms with E-state index in [1.807, 2.05) is 24.3 Å². The molecule has 0 amide bonds. The minimum absolute atomic E-state index is 0.0853. The summed E-state index contributed by atoms with van der Waals surface area (Å²) in [5.74, 6) is 0.744. The van der Waals surface area contributed by atoms with Gasteiger partial charge in [-0.3, -0.25) is 10.1 Å². The van der Waals surface area contributed by atoms with Gasteiger partial charge in [-0.15, -0.1) is 0 Å². The molecule has 20 heavy (non-hydrogen) atoms. The molecule has 0 atom stereocenters. The SMILES string of the molecule is CNc1ccc([N+](=O)[O-])c(-n2ncc3ccccc32)n1. The third kappa shape index (κ3) is 1.85. The molecule has 0 fully saturated rings.